The van der Waals surface area contributed by atoms with E-state index in [2.05, 4.69) is 72.5 Å². The van der Waals surface area contributed by atoms with Crippen molar-refractivity contribution >= 4 is 0 Å². The summed E-state index contributed by atoms with van der Waals surface area (Å²) >= 11 is 0. The van der Waals surface area contributed by atoms with Crippen LogP contribution in [0.25, 0.3) is 0 Å². The van der Waals surface area contributed by atoms with Gasteiger partial charge in [0.25, 0.3) is 0 Å². The molecule has 122 valence electrons. The van der Waals surface area contributed by atoms with Gasteiger partial charge in [-0.05, 0) is 36.8 Å². The first-order valence-electron chi connectivity index (χ1n) is 8.49. The van der Waals surface area contributed by atoms with E-state index < -0.39 is 0 Å². The van der Waals surface area contributed by atoms with E-state index in [1.165, 1.54) is 36.8 Å². The molecule has 2 aromatic rings. The molecule has 2 aromatic carbocycles. The SMILES string of the molecule is C1#CCCCCCC1.N.c1ccc(CCc2ccccc2)cc1. The molecule has 1 aliphatic carbocycles. The third-order valence-corrected chi connectivity index (χ3v) is 3.87. The van der Waals surface area contributed by atoms with Crippen molar-refractivity contribution in [2.45, 2.75) is 51.4 Å². The molecule has 0 bridgehead atoms. The highest BCUT2D eigenvalue weighted by molar-refractivity contribution is 5.19. The van der Waals surface area contributed by atoms with E-state index in [1.807, 2.05) is 0 Å². The van der Waals surface area contributed by atoms with Crippen molar-refractivity contribution in [1.29, 1.82) is 0 Å². The maximum Gasteiger partial charge on any atom is 0.00886 e. The molecule has 0 saturated heterocycles. The van der Waals surface area contributed by atoms with Gasteiger partial charge in [-0.15, -0.1) is 11.8 Å². The van der Waals surface area contributed by atoms with Gasteiger partial charge in [0.1, 0.15) is 0 Å². The van der Waals surface area contributed by atoms with Crippen molar-refractivity contribution in [1.82, 2.24) is 6.15 Å². The summed E-state index contributed by atoms with van der Waals surface area (Å²) in [6.45, 7) is 0. The van der Waals surface area contributed by atoms with Crippen molar-refractivity contribution < 1.29 is 0 Å². The quantitative estimate of drug-likeness (QED) is 0.696. The minimum Gasteiger partial charge on any atom is -0.344 e. The lowest BCUT2D eigenvalue weighted by molar-refractivity contribution is 0.652. The summed E-state index contributed by atoms with van der Waals surface area (Å²) in [7, 11) is 0. The molecule has 1 heteroatoms. The van der Waals surface area contributed by atoms with Crippen LogP contribution in [0.1, 0.15) is 49.7 Å². The summed E-state index contributed by atoms with van der Waals surface area (Å²) in [5.41, 5.74) is 2.83. The number of aryl methyl sites for hydroxylation is 2. The van der Waals surface area contributed by atoms with Gasteiger partial charge in [0.15, 0.2) is 0 Å². The fourth-order valence-electron chi connectivity index (χ4n) is 2.54. The molecule has 0 spiro atoms. The predicted octanol–water partition coefficient (Wildman–Crippen LogP) is 5.98. The van der Waals surface area contributed by atoms with E-state index in [0.29, 0.717) is 0 Å². The minimum atomic E-state index is 0. The van der Waals surface area contributed by atoms with Crippen LogP contribution >= 0.6 is 0 Å². The molecular formula is C22H29N. The van der Waals surface area contributed by atoms with Gasteiger partial charge < -0.3 is 6.15 Å². The third-order valence-electron chi connectivity index (χ3n) is 3.87. The predicted molar refractivity (Wildman–Crippen MR) is 101 cm³/mol. The molecule has 3 rings (SSSR count). The summed E-state index contributed by atoms with van der Waals surface area (Å²) in [6, 6.07) is 21.2. The van der Waals surface area contributed by atoms with E-state index in [1.54, 1.807) is 0 Å². The Balaban J connectivity index is 0.000000253. The zero-order valence-electron chi connectivity index (χ0n) is 14.1. The van der Waals surface area contributed by atoms with E-state index in [9.17, 15) is 0 Å². The van der Waals surface area contributed by atoms with Gasteiger partial charge in [0.05, 0.1) is 0 Å². The molecule has 0 radical (unpaired) electrons. The maximum atomic E-state index is 3.14. The van der Waals surface area contributed by atoms with Gasteiger partial charge in [-0.2, -0.15) is 0 Å². The van der Waals surface area contributed by atoms with Crippen LogP contribution in [0.5, 0.6) is 0 Å². The lowest BCUT2D eigenvalue weighted by Gasteiger charge is -2.01. The van der Waals surface area contributed by atoms with Gasteiger partial charge in [-0.1, -0.05) is 73.5 Å². The van der Waals surface area contributed by atoms with Crippen molar-refractivity contribution in [2.75, 3.05) is 0 Å². The van der Waals surface area contributed by atoms with Crippen molar-refractivity contribution in [3.05, 3.63) is 71.8 Å². The summed E-state index contributed by atoms with van der Waals surface area (Å²) in [4.78, 5) is 0. The lowest BCUT2D eigenvalue weighted by atomic mass is 10.0. The lowest BCUT2D eigenvalue weighted by Crippen LogP contribution is -1.89. The molecule has 0 unspecified atom stereocenters. The molecule has 23 heavy (non-hydrogen) atoms. The van der Waals surface area contributed by atoms with Crippen LogP contribution in [-0.4, -0.2) is 0 Å². The monoisotopic (exact) mass is 307 g/mol. The van der Waals surface area contributed by atoms with Crippen LogP contribution in [0.15, 0.2) is 60.7 Å². The second-order valence-electron chi connectivity index (χ2n) is 5.74. The fraction of sp³-hybridized carbons (Fsp3) is 0.364. The highest BCUT2D eigenvalue weighted by atomic mass is 14.0. The zero-order valence-corrected chi connectivity index (χ0v) is 14.1. The second-order valence-corrected chi connectivity index (χ2v) is 5.74. The molecule has 1 nitrogen and oxygen atoms in total. The van der Waals surface area contributed by atoms with E-state index in [0.717, 1.165) is 25.7 Å². The first-order chi connectivity index (χ1) is 10.9. The Bertz CT molecular complexity index is 512. The largest absolute Gasteiger partial charge is 0.344 e. The van der Waals surface area contributed by atoms with Crippen molar-refractivity contribution in [3.63, 3.8) is 0 Å². The average Bonchev–Trinajstić information content (AvgIpc) is 2.55. The van der Waals surface area contributed by atoms with E-state index in [4.69, 9.17) is 0 Å². The summed E-state index contributed by atoms with van der Waals surface area (Å²) < 4.78 is 0. The van der Waals surface area contributed by atoms with Crippen molar-refractivity contribution in [3.8, 4) is 11.8 Å². The molecule has 0 aromatic heterocycles. The Morgan fingerprint density at radius 3 is 1.35 bits per heavy atom. The number of hydrogen-bond acceptors (Lipinski definition) is 1. The Hall–Kier alpha value is -2.04. The van der Waals surface area contributed by atoms with Gasteiger partial charge in [0, 0.05) is 12.8 Å². The maximum absolute atomic E-state index is 3.14. The molecule has 0 atom stereocenters. The van der Waals surface area contributed by atoms with Gasteiger partial charge in [-0.3, -0.25) is 0 Å². The Morgan fingerprint density at radius 1 is 0.565 bits per heavy atom. The number of rotatable bonds is 3. The van der Waals surface area contributed by atoms with Gasteiger partial charge in [0.2, 0.25) is 0 Å². The van der Waals surface area contributed by atoms with Gasteiger partial charge in [-0.25, -0.2) is 0 Å². The second kappa shape index (κ2) is 12.5. The molecule has 1 aliphatic rings. The number of hydrogen-bond donors (Lipinski definition) is 1. The fourth-order valence-corrected chi connectivity index (χ4v) is 2.54. The standard InChI is InChI=1S/C14H14.C8H12.H3N/c1-3-7-13(8-4-1)11-12-14-9-5-2-6-10-14;1-2-4-6-8-7-5-3-1;/h1-10H,11-12H2;1-6H2;1H3. The molecule has 0 heterocycles. The topological polar surface area (TPSA) is 35.0 Å². The van der Waals surface area contributed by atoms with E-state index >= 15 is 0 Å². The van der Waals surface area contributed by atoms with Crippen LogP contribution < -0.4 is 6.15 Å². The highest BCUT2D eigenvalue weighted by Gasteiger charge is 1.93. The highest BCUT2D eigenvalue weighted by Crippen LogP contribution is 2.07. The van der Waals surface area contributed by atoms with Crippen LogP contribution in [0.4, 0.5) is 0 Å². The normalized spacial score (nSPS) is 13.0. The zero-order chi connectivity index (χ0) is 15.3. The molecule has 0 fully saturated rings. The summed E-state index contributed by atoms with van der Waals surface area (Å²) in [6.07, 6.45) is 9.99. The molecule has 3 N–H and O–H groups in total. The molecule has 0 amide bonds. The van der Waals surface area contributed by atoms with Crippen LogP contribution in [0.2, 0.25) is 0 Å². The van der Waals surface area contributed by atoms with Crippen LogP contribution in [0.3, 0.4) is 0 Å². The van der Waals surface area contributed by atoms with Crippen molar-refractivity contribution in [2.24, 2.45) is 0 Å². The first-order valence-corrected chi connectivity index (χ1v) is 8.49. The molecule has 0 aliphatic heterocycles. The Kier molecular flexibility index (Phi) is 10.3. The average molecular weight is 307 g/mol. The first kappa shape index (κ1) is 19.0. The smallest absolute Gasteiger partial charge is 0.00886 e. The summed E-state index contributed by atoms with van der Waals surface area (Å²) in [5.74, 6) is 6.27. The Morgan fingerprint density at radius 2 is 0.957 bits per heavy atom. The minimum absolute atomic E-state index is 0. The van der Waals surface area contributed by atoms with E-state index in [-0.39, 0.29) is 6.15 Å². The molecular weight excluding hydrogens is 278 g/mol. The van der Waals surface area contributed by atoms with Gasteiger partial charge >= 0.3 is 0 Å². The Labute approximate surface area is 141 Å². The summed E-state index contributed by atoms with van der Waals surface area (Å²) in [5, 5.41) is 0. The number of benzene rings is 2. The third kappa shape index (κ3) is 8.86. The molecule has 0 saturated carbocycles. The van der Waals surface area contributed by atoms with Crippen LogP contribution in [0, 0.1) is 11.8 Å². The van der Waals surface area contributed by atoms with Crippen LogP contribution in [-0.2, 0) is 12.8 Å².